The molecule has 1 saturated heterocycles. The SMILES string of the molecule is CC(C)(C)OC(=O)CNC(=O)[C@@H]1CC[C@H](CO[Si](C)(C)C(C)(C)C)N1C(=O)c1ccccc1. The van der Waals surface area contributed by atoms with Gasteiger partial charge in [-0.2, -0.15) is 0 Å². The Morgan fingerprint density at radius 2 is 1.64 bits per heavy atom. The van der Waals surface area contributed by atoms with Crippen LogP contribution >= 0.6 is 0 Å². The van der Waals surface area contributed by atoms with Crippen molar-refractivity contribution in [2.45, 2.75) is 90.2 Å². The van der Waals surface area contributed by atoms with Crippen LogP contribution in [0.2, 0.25) is 18.1 Å². The number of rotatable bonds is 7. The predicted molar refractivity (Wildman–Crippen MR) is 131 cm³/mol. The maximum Gasteiger partial charge on any atom is 0.325 e. The van der Waals surface area contributed by atoms with Crippen LogP contribution in [-0.2, 0) is 18.8 Å². The zero-order valence-corrected chi connectivity index (χ0v) is 22.4. The van der Waals surface area contributed by atoms with Crippen LogP contribution in [0.3, 0.4) is 0 Å². The molecule has 2 atom stereocenters. The molecule has 0 unspecified atom stereocenters. The van der Waals surface area contributed by atoms with E-state index >= 15 is 0 Å². The lowest BCUT2D eigenvalue weighted by Gasteiger charge is -2.38. The van der Waals surface area contributed by atoms with E-state index < -0.39 is 25.9 Å². The lowest BCUT2D eigenvalue weighted by Crippen LogP contribution is -2.52. The normalized spacial score (nSPS) is 19.3. The molecule has 1 heterocycles. The van der Waals surface area contributed by atoms with Crippen LogP contribution < -0.4 is 5.32 Å². The number of hydrogen-bond acceptors (Lipinski definition) is 5. The second kappa shape index (κ2) is 10.4. The molecule has 0 aromatic heterocycles. The Hall–Kier alpha value is -2.19. The third kappa shape index (κ3) is 7.40. The molecule has 0 bridgehead atoms. The molecule has 2 rings (SSSR count). The maximum absolute atomic E-state index is 13.4. The summed E-state index contributed by atoms with van der Waals surface area (Å²) in [7, 11) is -2.02. The van der Waals surface area contributed by atoms with Crippen LogP contribution in [0.4, 0.5) is 0 Å². The summed E-state index contributed by atoms with van der Waals surface area (Å²) in [6, 6.07) is 8.11. The van der Waals surface area contributed by atoms with Gasteiger partial charge in [-0.15, -0.1) is 0 Å². The van der Waals surface area contributed by atoms with Gasteiger partial charge in [-0.1, -0.05) is 39.0 Å². The fourth-order valence-corrected chi connectivity index (χ4v) is 4.56. The Balaban J connectivity index is 2.17. The molecule has 7 nitrogen and oxygen atoms in total. The molecule has 1 aliphatic rings. The van der Waals surface area contributed by atoms with Gasteiger partial charge in [0.25, 0.3) is 5.91 Å². The molecule has 1 aliphatic heterocycles. The van der Waals surface area contributed by atoms with Gasteiger partial charge in [0.2, 0.25) is 5.91 Å². The number of esters is 1. The molecule has 2 amide bonds. The number of amides is 2. The molecule has 1 N–H and O–H groups in total. The van der Waals surface area contributed by atoms with E-state index in [-0.39, 0.29) is 29.4 Å². The van der Waals surface area contributed by atoms with E-state index in [2.05, 4.69) is 39.2 Å². The zero-order valence-electron chi connectivity index (χ0n) is 21.4. The van der Waals surface area contributed by atoms with Crippen molar-refractivity contribution in [3.8, 4) is 0 Å². The summed E-state index contributed by atoms with van der Waals surface area (Å²) >= 11 is 0. The largest absolute Gasteiger partial charge is 0.459 e. The minimum atomic E-state index is -2.02. The Morgan fingerprint density at radius 1 is 1.03 bits per heavy atom. The van der Waals surface area contributed by atoms with E-state index in [0.717, 1.165) is 0 Å². The minimum absolute atomic E-state index is 0.0457. The monoisotopic (exact) mass is 476 g/mol. The smallest absolute Gasteiger partial charge is 0.325 e. The van der Waals surface area contributed by atoms with Crippen molar-refractivity contribution in [3.63, 3.8) is 0 Å². The summed E-state index contributed by atoms with van der Waals surface area (Å²) in [5, 5.41) is 2.71. The summed E-state index contributed by atoms with van der Waals surface area (Å²) in [4.78, 5) is 40.2. The lowest BCUT2D eigenvalue weighted by molar-refractivity contribution is -0.154. The highest BCUT2D eigenvalue weighted by Gasteiger charge is 2.44. The average molecular weight is 477 g/mol. The van der Waals surface area contributed by atoms with Crippen LogP contribution in [0, 0.1) is 0 Å². The third-order valence-electron chi connectivity index (χ3n) is 6.33. The molecule has 1 fully saturated rings. The summed E-state index contributed by atoms with van der Waals surface area (Å²) in [5.41, 5.74) is -0.0990. The number of carbonyl (C=O) groups is 3. The molecule has 0 radical (unpaired) electrons. The van der Waals surface area contributed by atoms with Gasteiger partial charge in [0.15, 0.2) is 8.32 Å². The first kappa shape index (κ1) is 27.1. The molecule has 0 saturated carbocycles. The van der Waals surface area contributed by atoms with Crippen molar-refractivity contribution in [2.75, 3.05) is 13.2 Å². The van der Waals surface area contributed by atoms with Crippen molar-refractivity contribution in [1.82, 2.24) is 10.2 Å². The quantitative estimate of drug-likeness (QED) is 0.472. The zero-order chi connectivity index (χ0) is 25.0. The predicted octanol–water partition coefficient (Wildman–Crippen LogP) is 4.14. The molecule has 1 aromatic rings. The van der Waals surface area contributed by atoms with Crippen LogP contribution in [-0.4, -0.2) is 61.8 Å². The summed E-state index contributed by atoms with van der Waals surface area (Å²) in [5.74, 6) is -1.05. The van der Waals surface area contributed by atoms with Crippen LogP contribution in [0.5, 0.6) is 0 Å². The molecule has 184 valence electrons. The van der Waals surface area contributed by atoms with E-state index in [0.29, 0.717) is 25.0 Å². The number of carbonyl (C=O) groups excluding carboxylic acids is 3. The number of hydrogen-bond donors (Lipinski definition) is 1. The van der Waals surface area contributed by atoms with Crippen LogP contribution in [0.25, 0.3) is 0 Å². The summed E-state index contributed by atoms with van der Waals surface area (Å²) < 4.78 is 11.7. The topological polar surface area (TPSA) is 84.9 Å². The van der Waals surface area contributed by atoms with Gasteiger partial charge in [-0.25, -0.2) is 0 Å². The van der Waals surface area contributed by atoms with Gasteiger partial charge in [0.1, 0.15) is 18.2 Å². The molecule has 1 aromatic carbocycles. The van der Waals surface area contributed by atoms with Crippen molar-refractivity contribution in [1.29, 1.82) is 0 Å². The highest BCUT2D eigenvalue weighted by atomic mass is 28.4. The van der Waals surface area contributed by atoms with Gasteiger partial charge in [-0.3, -0.25) is 14.4 Å². The summed E-state index contributed by atoms with van der Waals surface area (Å²) in [6.07, 6.45) is 1.18. The first-order chi connectivity index (χ1) is 15.1. The molecule has 33 heavy (non-hydrogen) atoms. The third-order valence-corrected chi connectivity index (χ3v) is 10.8. The molecular weight excluding hydrogens is 436 g/mol. The molecule has 0 aliphatic carbocycles. The van der Waals surface area contributed by atoms with Crippen molar-refractivity contribution < 1.29 is 23.5 Å². The highest BCUT2D eigenvalue weighted by molar-refractivity contribution is 6.74. The van der Waals surface area contributed by atoms with Gasteiger partial charge >= 0.3 is 5.97 Å². The minimum Gasteiger partial charge on any atom is -0.459 e. The van der Waals surface area contributed by atoms with Gasteiger partial charge < -0.3 is 19.4 Å². The van der Waals surface area contributed by atoms with Crippen molar-refractivity contribution in [3.05, 3.63) is 35.9 Å². The highest BCUT2D eigenvalue weighted by Crippen LogP contribution is 2.37. The van der Waals surface area contributed by atoms with Gasteiger partial charge in [-0.05, 0) is 63.9 Å². The second-order valence-corrected chi connectivity index (χ2v) is 16.0. The lowest BCUT2D eigenvalue weighted by atomic mass is 10.1. The van der Waals surface area contributed by atoms with E-state index in [9.17, 15) is 14.4 Å². The van der Waals surface area contributed by atoms with Crippen molar-refractivity contribution >= 4 is 26.1 Å². The van der Waals surface area contributed by atoms with E-state index in [4.69, 9.17) is 9.16 Å². The van der Waals surface area contributed by atoms with E-state index in [1.807, 2.05) is 18.2 Å². The first-order valence-electron chi connectivity index (χ1n) is 11.6. The second-order valence-electron chi connectivity index (χ2n) is 11.2. The fourth-order valence-electron chi connectivity index (χ4n) is 3.52. The maximum atomic E-state index is 13.4. The molecule has 8 heteroatoms. The van der Waals surface area contributed by atoms with Gasteiger partial charge in [0, 0.05) is 5.56 Å². The number of likely N-dealkylation sites (tertiary alicyclic amines) is 1. The molecular formula is C25H40N2O5Si. The molecule has 0 spiro atoms. The first-order valence-corrected chi connectivity index (χ1v) is 14.5. The summed E-state index contributed by atoms with van der Waals surface area (Å²) in [6.45, 7) is 16.4. The number of nitrogens with zero attached hydrogens (tertiary/aromatic N) is 1. The van der Waals surface area contributed by atoms with Gasteiger partial charge in [0.05, 0.1) is 12.6 Å². The van der Waals surface area contributed by atoms with E-state index in [1.54, 1.807) is 37.8 Å². The fraction of sp³-hybridized carbons (Fsp3) is 0.640. The Bertz CT molecular complexity index is 843. The number of benzene rings is 1. The Morgan fingerprint density at radius 3 is 2.18 bits per heavy atom. The van der Waals surface area contributed by atoms with E-state index in [1.165, 1.54) is 0 Å². The standard InChI is InChI=1S/C25H40N2O5Si/c1-24(2,3)32-21(28)16-26-22(29)20-15-14-19(17-31-33(7,8)25(4,5)6)27(20)23(30)18-12-10-9-11-13-18/h9-13,19-20H,14-17H2,1-8H3,(H,26,29)/t19-,20+/m1/s1. The van der Waals surface area contributed by atoms with Crippen LogP contribution in [0.1, 0.15) is 64.7 Å². The van der Waals surface area contributed by atoms with Crippen molar-refractivity contribution in [2.24, 2.45) is 0 Å². The number of nitrogens with one attached hydrogen (secondary N) is 1. The number of ether oxygens (including phenoxy) is 1. The average Bonchev–Trinajstić information content (AvgIpc) is 3.12. The van der Waals surface area contributed by atoms with Crippen LogP contribution in [0.15, 0.2) is 30.3 Å². The Labute approximate surface area is 199 Å². The Kier molecular flexibility index (Phi) is 8.51.